The molecule has 0 saturated heterocycles. The first-order chi connectivity index (χ1) is 11.2. The Bertz CT molecular complexity index is 720. The Kier molecular flexibility index (Phi) is 4.68. The largest absolute Gasteiger partial charge is 0.342 e. The normalized spacial score (nSPS) is 15.6. The third kappa shape index (κ3) is 2.99. The topological polar surface area (TPSA) is 66.8 Å². The maximum Gasteiger partial charge on any atom is 0.278 e. The number of aryl methyl sites for hydroxylation is 1. The van der Waals surface area contributed by atoms with Crippen LogP contribution in [0.4, 0.5) is 5.95 Å². The van der Waals surface area contributed by atoms with Crippen LogP contribution in [0.3, 0.4) is 0 Å². The molecule has 0 aliphatic heterocycles. The zero-order valence-electron chi connectivity index (χ0n) is 14.4. The molecule has 6 heteroatoms. The van der Waals surface area contributed by atoms with Crippen LogP contribution in [-0.4, -0.2) is 32.8 Å². The Morgan fingerprint density at radius 3 is 2.48 bits per heavy atom. The number of H-pyrrole nitrogens is 1. The summed E-state index contributed by atoms with van der Waals surface area (Å²) in [6, 6.07) is 0. The van der Waals surface area contributed by atoms with Gasteiger partial charge in [0.25, 0.3) is 5.56 Å². The standard InChI is InChI=1S/C17H27N5O/c1-4-10-22(11-5-2)17-18-14-13(12-8-6-7-9-12)20-21(3)15(14)16(23)19-17/h12H,4-11H2,1-3H3,(H,18,19,23). The molecule has 0 radical (unpaired) electrons. The van der Waals surface area contributed by atoms with Gasteiger partial charge in [-0.15, -0.1) is 0 Å². The molecule has 1 aliphatic rings. The number of aromatic nitrogens is 4. The van der Waals surface area contributed by atoms with E-state index >= 15 is 0 Å². The Labute approximate surface area is 136 Å². The van der Waals surface area contributed by atoms with Gasteiger partial charge in [0.05, 0.1) is 5.69 Å². The fourth-order valence-corrected chi connectivity index (χ4v) is 3.68. The molecule has 2 aromatic rings. The van der Waals surface area contributed by atoms with E-state index < -0.39 is 0 Å². The van der Waals surface area contributed by atoms with Crippen LogP contribution in [0.2, 0.25) is 0 Å². The number of hydrogen-bond donors (Lipinski definition) is 1. The van der Waals surface area contributed by atoms with Crippen molar-refractivity contribution >= 4 is 17.0 Å². The third-order valence-electron chi connectivity index (χ3n) is 4.73. The molecule has 0 unspecified atom stereocenters. The minimum atomic E-state index is -0.0820. The van der Waals surface area contributed by atoms with Crippen molar-refractivity contribution in [2.75, 3.05) is 18.0 Å². The van der Waals surface area contributed by atoms with E-state index in [1.54, 1.807) is 4.68 Å². The van der Waals surface area contributed by atoms with E-state index in [4.69, 9.17) is 4.98 Å². The summed E-state index contributed by atoms with van der Waals surface area (Å²) >= 11 is 0. The second kappa shape index (κ2) is 6.72. The first-order valence-electron chi connectivity index (χ1n) is 8.87. The average Bonchev–Trinajstić information content (AvgIpc) is 3.15. The summed E-state index contributed by atoms with van der Waals surface area (Å²) in [5.41, 5.74) is 2.33. The van der Waals surface area contributed by atoms with Crippen molar-refractivity contribution in [3.63, 3.8) is 0 Å². The van der Waals surface area contributed by atoms with Crippen LogP contribution < -0.4 is 10.5 Å². The van der Waals surface area contributed by atoms with Gasteiger partial charge in [-0.05, 0) is 25.7 Å². The molecule has 0 atom stereocenters. The van der Waals surface area contributed by atoms with Crippen LogP contribution >= 0.6 is 0 Å². The van der Waals surface area contributed by atoms with Crippen molar-refractivity contribution in [2.24, 2.45) is 7.05 Å². The zero-order valence-corrected chi connectivity index (χ0v) is 14.4. The van der Waals surface area contributed by atoms with Crippen molar-refractivity contribution in [2.45, 2.75) is 58.3 Å². The molecule has 3 rings (SSSR count). The fraction of sp³-hybridized carbons (Fsp3) is 0.706. The van der Waals surface area contributed by atoms with Crippen LogP contribution in [0.5, 0.6) is 0 Å². The first-order valence-corrected chi connectivity index (χ1v) is 8.87. The zero-order chi connectivity index (χ0) is 16.4. The van der Waals surface area contributed by atoms with Crippen LogP contribution in [-0.2, 0) is 7.05 Å². The molecule has 1 N–H and O–H groups in total. The molecule has 2 heterocycles. The number of nitrogens with one attached hydrogen (secondary N) is 1. The van der Waals surface area contributed by atoms with E-state index in [9.17, 15) is 4.79 Å². The number of nitrogens with zero attached hydrogens (tertiary/aromatic N) is 4. The maximum absolute atomic E-state index is 12.6. The molecular weight excluding hydrogens is 290 g/mol. The molecule has 23 heavy (non-hydrogen) atoms. The lowest BCUT2D eigenvalue weighted by atomic mass is 10.0. The van der Waals surface area contributed by atoms with Crippen LogP contribution in [0.1, 0.15) is 64.0 Å². The summed E-state index contributed by atoms with van der Waals surface area (Å²) in [7, 11) is 1.84. The first kappa shape index (κ1) is 16.0. The van der Waals surface area contributed by atoms with E-state index in [2.05, 4.69) is 28.8 Å². The van der Waals surface area contributed by atoms with Gasteiger partial charge in [-0.1, -0.05) is 26.7 Å². The summed E-state index contributed by atoms with van der Waals surface area (Å²) in [5, 5.41) is 4.64. The summed E-state index contributed by atoms with van der Waals surface area (Å²) in [6.45, 7) is 6.10. The second-order valence-corrected chi connectivity index (χ2v) is 6.56. The van der Waals surface area contributed by atoms with Gasteiger partial charge in [-0.25, -0.2) is 4.98 Å². The molecule has 0 amide bonds. The molecule has 6 nitrogen and oxygen atoms in total. The minimum Gasteiger partial charge on any atom is -0.342 e. The van der Waals surface area contributed by atoms with Crippen molar-refractivity contribution in [3.05, 3.63) is 16.0 Å². The summed E-state index contributed by atoms with van der Waals surface area (Å²) < 4.78 is 1.70. The SMILES string of the molecule is CCCN(CCC)c1nc2c(C3CCCC3)nn(C)c2c(=O)[nH]1. The van der Waals surface area contributed by atoms with Crippen molar-refractivity contribution in [1.82, 2.24) is 19.7 Å². The predicted octanol–water partition coefficient (Wildman–Crippen LogP) is 2.94. The molecule has 126 valence electrons. The highest BCUT2D eigenvalue weighted by Gasteiger charge is 2.25. The van der Waals surface area contributed by atoms with Gasteiger partial charge < -0.3 is 4.90 Å². The lowest BCUT2D eigenvalue weighted by Gasteiger charge is -2.21. The lowest BCUT2D eigenvalue weighted by molar-refractivity contribution is 0.664. The van der Waals surface area contributed by atoms with Gasteiger partial charge in [0.15, 0.2) is 5.52 Å². The number of fused-ring (bicyclic) bond motifs is 1. The van der Waals surface area contributed by atoms with Gasteiger partial charge in [-0.2, -0.15) is 5.10 Å². The molecular formula is C17H27N5O. The summed E-state index contributed by atoms with van der Waals surface area (Å²) in [5.74, 6) is 1.14. The molecule has 0 aromatic carbocycles. The monoisotopic (exact) mass is 317 g/mol. The Balaban J connectivity index is 2.11. The molecule has 1 fully saturated rings. The fourth-order valence-electron chi connectivity index (χ4n) is 3.68. The number of hydrogen-bond acceptors (Lipinski definition) is 4. The lowest BCUT2D eigenvalue weighted by Crippen LogP contribution is -2.29. The predicted molar refractivity (Wildman–Crippen MR) is 93.1 cm³/mol. The molecule has 1 aliphatic carbocycles. The second-order valence-electron chi connectivity index (χ2n) is 6.56. The van der Waals surface area contributed by atoms with Gasteiger partial charge >= 0.3 is 0 Å². The smallest absolute Gasteiger partial charge is 0.278 e. The molecule has 1 saturated carbocycles. The summed E-state index contributed by atoms with van der Waals surface area (Å²) in [4.78, 5) is 22.5. The average molecular weight is 317 g/mol. The van der Waals surface area contributed by atoms with Crippen molar-refractivity contribution < 1.29 is 0 Å². The Hall–Kier alpha value is -1.85. The van der Waals surface area contributed by atoms with E-state index in [0.717, 1.165) is 50.0 Å². The summed E-state index contributed by atoms with van der Waals surface area (Å²) in [6.07, 6.45) is 6.87. The minimum absolute atomic E-state index is 0.0820. The number of aromatic amines is 1. The Morgan fingerprint density at radius 2 is 1.87 bits per heavy atom. The van der Waals surface area contributed by atoms with E-state index in [1.165, 1.54) is 12.8 Å². The Morgan fingerprint density at radius 1 is 1.22 bits per heavy atom. The quantitative estimate of drug-likeness (QED) is 0.889. The van der Waals surface area contributed by atoms with E-state index in [-0.39, 0.29) is 5.56 Å². The van der Waals surface area contributed by atoms with Gasteiger partial charge in [0, 0.05) is 26.1 Å². The molecule has 0 bridgehead atoms. The van der Waals surface area contributed by atoms with Gasteiger partial charge in [0.2, 0.25) is 5.95 Å². The highest BCUT2D eigenvalue weighted by atomic mass is 16.1. The van der Waals surface area contributed by atoms with Gasteiger partial charge in [-0.3, -0.25) is 14.5 Å². The van der Waals surface area contributed by atoms with Crippen molar-refractivity contribution in [3.8, 4) is 0 Å². The van der Waals surface area contributed by atoms with E-state index in [0.29, 0.717) is 17.4 Å². The van der Waals surface area contributed by atoms with Crippen molar-refractivity contribution in [1.29, 1.82) is 0 Å². The highest BCUT2D eigenvalue weighted by molar-refractivity contribution is 5.78. The number of rotatable bonds is 6. The van der Waals surface area contributed by atoms with Crippen LogP contribution in [0.15, 0.2) is 4.79 Å². The van der Waals surface area contributed by atoms with Crippen LogP contribution in [0, 0.1) is 0 Å². The number of anilines is 1. The molecule has 2 aromatic heterocycles. The molecule has 0 spiro atoms. The maximum atomic E-state index is 12.6. The third-order valence-corrected chi connectivity index (χ3v) is 4.73. The van der Waals surface area contributed by atoms with Gasteiger partial charge in [0.1, 0.15) is 5.52 Å². The highest BCUT2D eigenvalue weighted by Crippen LogP contribution is 2.35. The van der Waals surface area contributed by atoms with Crippen LogP contribution in [0.25, 0.3) is 11.0 Å². The van der Waals surface area contributed by atoms with E-state index in [1.807, 2.05) is 7.05 Å².